The fourth-order valence-electron chi connectivity index (χ4n) is 4.78. The second kappa shape index (κ2) is 10.5. The van der Waals surface area contributed by atoms with Crippen LogP contribution in [0.25, 0.3) is 5.76 Å². The molecule has 1 atom stereocenters. The number of amides is 1. The topological polar surface area (TPSA) is 76.1 Å². The van der Waals surface area contributed by atoms with Crippen LogP contribution in [-0.2, 0) is 9.59 Å². The number of methoxy groups -OCH3 is 1. The molecule has 1 unspecified atom stereocenters. The van der Waals surface area contributed by atoms with E-state index in [9.17, 15) is 14.7 Å². The number of rotatable bonds is 7. The largest absolute Gasteiger partial charge is 0.507 e. The first-order chi connectivity index (χ1) is 17.6. The zero-order chi connectivity index (χ0) is 26.9. The Kier molecular flexibility index (Phi) is 7.39. The number of ether oxygens (including phenoxy) is 2. The molecule has 1 aliphatic rings. The number of hydrogen-bond donors (Lipinski definition) is 1. The molecule has 4 rings (SSSR count). The van der Waals surface area contributed by atoms with Crippen LogP contribution in [0.5, 0.6) is 11.5 Å². The number of carbonyl (C=O) groups excluding carboxylic acids is 2. The summed E-state index contributed by atoms with van der Waals surface area (Å²) in [5.74, 6) is -0.301. The van der Waals surface area contributed by atoms with Crippen molar-refractivity contribution in [1.29, 1.82) is 0 Å². The molecule has 37 heavy (non-hydrogen) atoms. The average Bonchev–Trinajstić information content (AvgIpc) is 3.12. The molecule has 1 heterocycles. The van der Waals surface area contributed by atoms with Gasteiger partial charge in [0.05, 0.1) is 30.9 Å². The van der Waals surface area contributed by atoms with Crippen molar-refractivity contribution < 1.29 is 24.2 Å². The summed E-state index contributed by atoms with van der Waals surface area (Å²) in [4.78, 5) is 28.5. The zero-order valence-corrected chi connectivity index (χ0v) is 22.2. The van der Waals surface area contributed by atoms with Gasteiger partial charge in [-0.15, -0.1) is 0 Å². The molecular weight excluding hydrogens is 466 g/mol. The van der Waals surface area contributed by atoms with E-state index < -0.39 is 17.7 Å². The number of aliphatic hydroxyl groups excluding tert-OH is 1. The molecule has 0 aliphatic carbocycles. The van der Waals surface area contributed by atoms with Gasteiger partial charge < -0.3 is 14.6 Å². The van der Waals surface area contributed by atoms with Crippen molar-refractivity contribution in [2.75, 3.05) is 18.6 Å². The first kappa shape index (κ1) is 26.0. The molecule has 1 N–H and O–H groups in total. The van der Waals surface area contributed by atoms with E-state index in [4.69, 9.17) is 9.47 Å². The minimum absolute atomic E-state index is 0.0100. The van der Waals surface area contributed by atoms with Crippen molar-refractivity contribution in [3.8, 4) is 11.5 Å². The minimum Gasteiger partial charge on any atom is -0.507 e. The highest BCUT2D eigenvalue weighted by Crippen LogP contribution is 2.44. The fraction of sp³-hybridized carbons (Fsp3) is 0.290. The van der Waals surface area contributed by atoms with Gasteiger partial charge in [-0.2, -0.15) is 0 Å². The maximum Gasteiger partial charge on any atom is 0.300 e. The molecule has 6 heteroatoms. The Morgan fingerprint density at radius 1 is 0.973 bits per heavy atom. The Morgan fingerprint density at radius 2 is 1.70 bits per heavy atom. The lowest BCUT2D eigenvalue weighted by Gasteiger charge is -2.26. The molecule has 3 aromatic rings. The van der Waals surface area contributed by atoms with Gasteiger partial charge in [0.2, 0.25) is 0 Å². The number of nitrogens with zero attached hydrogens (tertiary/aromatic N) is 1. The van der Waals surface area contributed by atoms with E-state index in [1.54, 1.807) is 12.1 Å². The van der Waals surface area contributed by atoms with E-state index in [1.807, 2.05) is 69.3 Å². The highest BCUT2D eigenvalue weighted by atomic mass is 16.5. The Labute approximate surface area is 218 Å². The second-order valence-corrected chi connectivity index (χ2v) is 9.95. The molecule has 1 saturated heterocycles. The lowest BCUT2D eigenvalue weighted by Crippen LogP contribution is -2.29. The van der Waals surface area contributed by atoms with Gasteiger partial charge in [0, 0.05) is 5.69 Å². The molecule has 0 bridgehead atoms. The number of aliphatic hydroxyl groups is 1. The van der Waals surface area contributed by atoms with Crippen LogP contribution in [0.4, 0.5) is 5.69 Å². The molecule has 1 aliphatic heterocycles. The van der Waals surface area contributed by atoms with Crippen LogP contribution in [0, 0.1) is 26.7 Å². The SMILES string of the molecule is COc1c(C)cc(C)cc1/C(O)=C1\C(=O)C(=O)N(c2cccc(C)c2)C1c1cccc(OCC(C)C)c1. The number of hydrogen-bond acceptors (Lipinski definition) is 5. The van der Waals surface area contributed by atoms with E-state index in [2.05, 4.69) is 13.8 Å². The van der Waals surface area contributed by atoms with E-state index >= 15 is 0 Å². The molecule has 3 aromatic carbocycles. The quantitative estimate of drug-likeness (QED) is 0.235. The molecule has 1 amide bonds. The summed E-state index contributed by atoms with van der Waals surface area (Å²) in [6.07, 6.45) is 0. The third kappa shape index (κ3) is 5.10. The number of carbonyl (C=O) groups is 2. The third-order valence-corrected chi connectivity index (χ3v) is 6.36. The first-order valence-electron chi connectivity index (χ1n) is 12.4. The number of Topliss-reactive ketones (excluding diaryl/α,β-unsaturated/α-hetero) is 1. The Bertz CT molecular complexity index is 1390. The van der Waals surface area contributed by atoms with Crippen LogP contribution in [-0.4, -0.2) is 30.5 Å². The molecule has 0 spiro atoms. The maximum absolute atomic E-state index is 13.6. The van der Waals surface area contributed by atoms with Gasteiger partial charge in [-0.3, -0.25) is 14.5 Å². The first-order valence-corrected chi connectivity index (χ1v) is 12.4. The predicted octanol–water partition coefficient (Wildman–Crippen LogP) is 6.28. The highest BCUT2D eigenvalue weighted by molar-refractivity contribution is 6.51. The number of anilines is 1. The van der Waals surface area contributed by atoms with E-state index in [-0.39, 0.29) is 11.3 Å². The summed E-state index contributed by atoms with van der Waals surface area (Å²) in [6, 6.07) is 17.6. The summed E-state index contributed by atoms with van der Waals surface area (Å²) in [5, 5.41) is 11.6. The normalized spacial score (nSPS) is 16.9. The summed E-state index contributed by atoms with van der Waals surface area (Å²) in [6.45, 7) is 10.4. The molecular formula is C31H33NO5. The summed E-state index contributed by atoms with van der Waals surface area (Å²) < 4.78 is 11.5. The predicted molar refractivity (Wildman–Crippen MR) is 145 cm³/mol. The Hall–Kier alpha value is -4.06. The van der Waals surface area contributed by atoms with Crippen LogP contribution in [0.3, 0.4) is 0 Å². The van der Waals surface area contributed by atoms with Gasteiger partial charge in [0.25, 0.3) is 11.7 Å². The smallest absolute Gasteiger partial charge is 0.300 e. The van der Waals surface area contributed by atoms with Crippen molar-refractivity contribution in [2.24, 2.45) is 5.92 Å². The lowest BCUT2D eigenvalue weighted by molar-refractivity contribution is -0.132. The van der Waals surface area contributed by atoms with Crippen LogP contribution < -0.4 is 14.4 Å². The van der Waals surface area contributed by atoms with E-state index in [0.717, 1.165) is 16.7 Å². The second-order valence-electron chi connectivity index (χ2n) is 9.95. The van der Waals surface area contributed by atoms with Crippen LogP contribution in [0.1, 0.15) is 47.7 Å². The van der Waals surface area contributed by atoms with Crippen molar-refractivity contribution in [3.63, 3.8) is 0 Å². The van der Waals surface area contributed by atoms with Gasteiger partial charge >= 0.3 is 0 Å². The van der Waals surface area contributed by atoms with E-state index in [1.165, 1.54) is 12.0 Å². The summed E-state index contributed by atoms with van der Waals surface area (Å²) in [7, 11) is 1.52. The van der Waals surface area contributed by atoms with Crippen molar-refractivity contribution in [2.45, 2.75) is 40.7 Å². The van der Waals surface area contributed by atoms with Crippen molar-refractivity contribution in [3.05, 3.63) is 94.1 Å². The average molecular weight is 500 g/mol. The maximum atomic E-state index is 13.6. The van der Waals surface area contributed by atoms with Gasteiger partial charge in [0.15, 0.2) is 0 Å². The summed E-state index contributed by atoms with van der Waals surface area (Å²) in [5.41, 5.74) is 4.28. The molecule has 1 fully saturated rings. The number of benzene rings is 3. The van der Waals surface area contributed by atoms with Crippen molar-refractivity contribution >= 4 is 23.1 Å². The van der Waals surface area contributed by atoms with Gasteiger partial charge in [-0.25, -0.2) is 0 Å². The van der Waals surface area contributed by atoms with Crippen LogP contribution >= 0.6 is 0 Å². The third-order valence-electron chi connectivity index (χ3n) is 6.36. The fourth-order valence-corrected chi connectivity index (χ4v) is 4.78. The monoisotopic (exact) mass is 499 g/mol. The molecule has 0 aromatic heterocycles. The summed E-state index contributed by atoms with van der Waals surface area (Å²) >= 11 is 0. The van der Waals surface area contributed by atoms with Crippen LogP contribution in [0.15, 0.2) is 66.2 Å². The minimum atomic E-state index is -0.852. The van der Waals surface area contributed by atoms with E-state index in [0.29, 0.717) is 40.8 Å². The molecule has 0 saturated carbocycles. The van der Waals surface area contributed by atoms with Gasteiger partial charge in [-0.05, 0) is 79.3 Å². The Morgan fingerprint density at radius 3 is 2.38 bits per heavy atom. The molecule has 6 nitrogen and oxygen atoms in total. The standard InChI is InChI=1S/C31H33NO5/c1-18(2)17-37-24-12-8-10-22(16-24)27-26(28(33)25-15-20(4)13-21(5)30(25)36-6)29(34)31(35)32(27)23-11-7-9-19(3)14-23/h7-16,18,27,33H,17H2,1-6H3/b28-26+. The van der Waals surface area contributed by atoms with Crippen molar-refractivity contribution in [1.82, 2.24) is 0 Å². The Balaban J connectivity index is 1.97. The number of ketones is 1. The molecule has 192 valence electrons. The highest BCUT2D eigenvalue weighted by Gasteiger charge is 2.47. The lowest BCUT2D eigenvalue weighted by atomic mass is 9.93. The number of aryl methyl sites for hydroxylation is 3. The van der Waals surface area contributed by atoms with Crippen LogP contribution in [0.2, 0.25) is 0 Å². The van der Waals surface area contributed by atoms with Gasteiger partial charge in [0.1, 0.15) is 17.3 Å². The zero-order valence-electron chi connectivity index (χ0n) is 22.2. The van der Waals surface area contributed by atoms with Gasteiger partial charge in [-0.1, -0.05) is 44.2 Å². The molecule has 0 radical (unpaired) electrons.